The minimum absolute atomic E-state index is 0.319. The van der Waals surface area contributed by atoms with Crippen LogP contribution in [0.15, 0.2) is 29.6 Å². The van der Waals surface area contributed by atoms with Crippen LogP contribution in [0.1, 0.15) is 39.2 Å². The summed E-state index contributed by atoms with van der Waals surface area (Å²) in [5.74, 6) is -0.471. The maximum Gasteiger partial charge on any atom is 0.339 e. The SMILES string of the molecule is COC(=O)c1ccccc1NC(=O)NCCc1csc2c1CCCC2. The van der Waals surface area contributed by atoms with Gasteiger partial charge in [-0.3, -0.25) is 0 Å². The number of nitrogens with one attached hydrogen (secondary N) is 2. The zero-order valence-corrected chi connectivity index (χ0v) is 15.1. The van der Waals surface area contributed by atoms with Crippen molar-refractivity contribution in [1.82, 2.24) is 5.32 Å². The van der Waals surface area contributed by atoms with Crippen LogP contribution in [0.2, 0.25) is 0 Å². The van der Waals surface area contributed by atoms with Crippen LogP contribution < -0.4 is 10.6 Å². The second kappa shape index (κ2) is 8.16. The van der Waals surface area contributed by atoms with Gasteiger partial charge in [-0.25, -0.2) is 9.59 Å². The van der Waals surface area contributed by atoms with Crippen molar-refractivity contribution in [3.05, 3.63) is 51.2 Å². The van der Waals surface area contributed by atoms with Crippen molar-refractivity contribution < 1.29 is 14.3 Å². The first-order valence-corrected chi connectivity index (χ1v) is 9.37. The lowest BCUT2D eigenvalue weighted by molar-refractivity contribution is 0.0602. The summed E-state index contributed by atoms with van der Waals surface area (Å²) < 4.78 is 4.73. The standard InChI is InChI=1S/C19H22N2O3S/c1-24-18(22)15-7-2-4-8-16(15)21-19(23)20-11-10-13-12-25-17-9-5-3-6-14(13)17/h2,4,7-8,12H,3,5-6,9-11H2,1H3,(H2,20,21,23). The molecule has 5 nitrogen and oxygen atoms in total. The van der Waals surface area contributed by atoms with Gasteiger partial charge in [-0.2, -0.15) is 0 Å². The Labute approximate surface area is 151 Å². The number of aryl methyl sites for hydroxylation is 1. The fraction of sp³-hybridized carbons (Fsp3) is 0.368. The van der Waals surface area contributed by atoms with Gasteiger partial charge < -0.3 is 15.4 Å². The first kappa shape index (κ1) is 17.5. The molecule has 1 heterocycles. The Hall–Kier alpha value is -2.34. The number of hydrogen-bond donors (Lipinski definition) is 2. The zero-order valence-electron chi connectivity index (χ0n) is 14.3. The highest BCUT2D eigenvalue weighted by Gasteiger charge is 2.16. The molecule has 0 spiro atoms. The summed E-state index contributed by atoms with van der Waals surface area (Å²) in [5, 5.41) is 7.81. The molecular weight excluding hydrogens is 336 g/mol. The van der Waals surface area contributed by atoms with Gasteiger partial charge in [-0.15, -0.1) is 11.3 Å². The van der Waals surface area contributed by atoms with E-state index in [1.807, 2.05) is 11.3 Å². The highest BCUT2D eigenvalue weighted by Crippen LogP contribution is 2.30. The van der Waals surface area contributed by atoms with Crippen LogP contribution in [0.25, 0.3) is 0 Å². The molecule has 0 bridgehead atoms. The van der Waals surface area contributed by atoms with Crippen LogP contribution in [0.5, 0.6) is 0 Å². The minimum Gasteiger partial charge on any atom is -0.465 e. The Bertz CT molecular complexity index is 770. The number of para-hydroxylation sites is 1. The van der Waals surface area contributed by atoms with Crippen molar-refractivity contribution in [3.8, 4) is 0 Å². The van der Waals surface area contributed by atoms with Gasteiger partial charge in [0, 0.05) is 11.4 Å². The lowest BCUT2D eigenvalue weighted by Crippen LogP contribution is -2.31. The number of benzene rings is 1. The van der Waals surface area contributed by atoms with Gasteiger partial charge in [0.25, 0.3) is 0 Å². The molecule has 1 aliphatic rings. The maximum atomic E-state index is 12.1. The number of carbonyl (C=O) groups excluding carboxylic acids is 2. The number of hydrogen-bond acceptors (Lipinski definition) is 4. The summed E-state index contributed by atoms with van der Waals surface area (Å²) in [6, 6.07) is 6.48. The Balaban J connectivity index is 1.54. The van der Waals surface area contributed by atoms with Crippen molar-refractivity contribution in [1.29, 1.82) is 0 Å². The van der Waals surface area contributed by atoms with E-state index in [1.54, 1.807) is 24.3 Å². The van der Waals surface area contributed by atoms with Crippen molar-refractivity contribution in [2.45, 2.75) is 32.1 Å². The number of esters is 1. The van der Waals surface area contributed by atoms with Crippen molar-refractivity contribution in [2.75, 3.05) is 19.0 Å². The number of fused-ring (bicyclic) bond motifs is 1. The summed E-state index contributed by atoms with van der Waals surface area (Å²) in [6.07, 6.45) is 5.73. The predicted octanol–water partition coefficient (Wildman–Crippen LogP) is 3.78. The van der Waals surface area contributed by atoms with Crippen LogP contribution >= 0.6 is 11.3 Å². The monoisotopic (exact) mass is 358 g/mol. The normalized spacial score (nSPS) is 13.0. The number of carbonyl (C=O) groups is 2. The first-order chi connectivity index (χ1) is 12.2. The van der Waals surface area contributed by atoms with E-state index < -0.39 is 5.97 Å². The third-order valence-corrected chi connectivity index (χ3v) is 5.55. The van der Waals surface area contributed by atoms with E-state index in [1.165, 1.54) is 42.4 Å². The number of amides is 2. The van der Waals surface area contributed by atoms with Crippen molar-refractivity contribution in [2.24, 2.45) is 0 Å². The second-order valence-electron chi connectivity index (χ2n) is 6.04. The molecule has 0 fully saturated rings. The number of rotatable bonds is 5. The Morgan fingerprint density at radius 3 is 2.84 bits per heavy atom. The van der Waals surface area contributed by atoms with Crippen molar-refractivity contribution in [3.63, 3.8) is 0 Å². The van der Waals surface area contributed by atoms with Gasteiger partial charge in [0.15, 0.2) is 0 Å². The molecule has 6 heteroatoms. The van der Waals surface area contributed by atoms with E-state index in [4.69, 9.17) is 4.74 Å². The Kier molecular flexibility index (Phi) is 5.71. The Morgan fingerprint density at radius 2 is 2.00 bits per heavy atom. The molecular formula is C19H22N2O3S. The van der Waals surface area contributed by atoms with Crippen LogP contribution in [0.4, 0.5) is 10.5 Å². The summed E-state index contributed by atoms with van der Waals surface area (Å²) >= 11 is 1.84. The number of anilines is 1. The fourth-order valence-electron chi connectivity index (χ4n) is 3.13. The number of methoxy groups -OCH3 is 1. The number of ether oxygens (including phenoxy) is 1. The smallest absolute Gasteiger partial charge is 0.339 e. The van der Waals surface area contributed by atoms with Crippen LogP contribution in [0.3, 0.4) is 0 Å². The molecule has 132 valence electrons. The molecule has 25 heavy (non-hydrogen) atoms. The minimum atomic E-state index is -0.471. The van der Waals surface area contributed by atoms with E-state index in [0.29, 0.717) is 17.8 Å². The van der Waals surface area contributed by atoms with Crippen LogP contribution in [-0.2, 0) is 24.0 Å². The highest BCUT2D eigenvalue weighted by atomic mass is 32.1. The van der Waals surface area contributed by atoms with Crippen molar-refractivity contribution >= 4 is 29.0 Å². The third kappa shape index (κ3) is 4.20. The molecule has 0 saturated carbocycles. The van der Waals surface area contributed by atoms with Gasteiger partial charge in [0.1, 0.15) is 0 Å². The molecule has 3 rings (SSSR count). The van der Waals surface area contributed by atoms with E-state index in [0.717, 1.165) is 12.8 Å². The maximum absolute atomic E-state index is 12.1. The molecule has 0 aliphatic heterocycles. The highest BCUT2D eigenvalue weighted by molar-refractivity contribution is 7.10. The molecule has 2 N–H and O–H groups in total. The number of thiophene rings is 1. The molecule has 1 aromatic heterocycles. The fourth-order valence-corrected chi connectivity index (χ4v) is 4.31. The Morgan fingerprint density at radius 1 is 1.20 bits per heavy atom. The largest absolute Gasteiger partial charge is 0.465 e. The lowest BCUT2D eigenvalue weighted by atomic mass is 9.95. The summed E-state index contributed by atoms with van der Waals surface area (Å²) in [5.41, 5.74) is 3.64. The van der Waals surface area contributed by atoms with Crippen LogP contribution in [0, 0.1) is 0 Å². The van der Waals surface area contributed by atoms with E-state index in [2.05, 4.69) is 16.0 Å². The lowest BCUT2D eigenvalue weighted by Gasteiger charge is -2.13. The van der Waals surface area contributed by atoms with Crippen LogP contribution in [-0.4, -0.2) is 25.7 Å². The molecule has 0 atom stereocenters. The average Bonchev–Trinajstić information content (AvgIpc) is 3.05. The quantitative estimate of drug-likeness (QED) is 0.800. The van der Waals surface area contributed by atoms with E-state index in [-0.39, 0.29) is 6.03 Å². The van der Waals surface area contributed by atoms with Gasteiger partial charge >= 0.3 is 12.0 Å². The molecule has 0 saturated heterocycles. The predicted molar refractivity (Wildman–Crippen MR) is 99.5 cm³/mol. The second-order valence-corrected chi connectivity index (χ2v) is 7.00. The first-order valence-electron chi connectivity index (χ1n) is 8.49. The summed E-state index contributed by atoms with van der Waals surface area (Å²) in [7, 11) is 1.32. The van der Waals surface area contributed by atoms with Gasteiger partial charge in [0.2, 0.25) is 0 Å². The zero-order chi connectivity index (χ0) is 17.6. The van der Waals surface area contributed by atoms with Gasteiger partial charge in [0.05, 0.1) is 18.4 Å². The van der Waals surface area contributed by atoms with Gasteiger partial charge in [-0.05, 0) is 60.7 Å². The molecule has 1 aromatic carbocycles. The van der Waals surface area contributed by atoms with Gasteiger partial charge in [-0.1, -0.05) is 12.1 Å². The van der Waals surface area contributed by atoms with E-state index in [9.17, 15) is 9.59 Å². The van der Waals surface area contributed by atoms with E-state index >= 15 is 0 Å². The molecule has 0 radical (unpaired) electrons. The molecule has 2 amide bonds. The molecule has 1 aliphatic carbocycles. The number of urea groups is 1. The average molecular weight is 358 g/mol. The molecule has 0 unspecified atom stereocenters. The summed E-state index contributed by atoms with van der Waals surface area (Å²) in [6.45, 7) is 0.565. The third-order valence-electron chi connectivity index (χ3n) is 4.41. The molecule has 2 aromatic rings. The topological polar surface area (TPSA) is 67.4 Å². The summed E-state index contributed by atoms with van der Waals surface area (Å²) in [4.78, 5) is 25.4.